The molecule has 0 spiro atoms. The smallest absolute Gasteiger partial charge is 0.407 e. The summed E-state index contributed by atoms with van der Waals surface area (Å²) in [6.45, 7) is 8.95. The number of ether oxygens (including phenoxy) is 2. The molecule has 2 aromatic rings. The molecule has 0 aliphatic carbocycles. The molecule has 9 nitrogen and oxygen atoms in total. The third-order valence-electron chi connectivity index (χ3n) is 6.30. The summed E-state index contributed by atoms with van der Waals surface area (Å²) in [7, 11) is -2.54. The molecular weight excluding hydrogens is 530 g/mol. The number of alkyl carbamates (subject to hydrolysis) is 1. The highest BCUT2D eigenvalue weighted by Gasteiger charge is 2.35. The van der Waals surface area contributed by atoms with Gasteiger partial charge in [-0.3, -0.25) is 0 Å². The first-order valence-corrected chi connectivity index (χ1v) is 14.8. The van der Waals surface area contributed by atoms with Crippen molar-refractivity contribution >= 4 is 16.1 Å². The summed E-state index contributed by atoms with van der Waals surface area (Å²) in [6.07, 6.45) is -0.0715. The van der Waals surface area contributed by atoms with E-state index in [-0.39, 0.29) is 24.4 Å². The summed E-state index contributed by atoms with van der Waals surface area (Å²) in [5.41, 5.74) is -0.364. The van der Waals surface area contributed by atoms with Gasteiger partial charge >= 0.3 is 6.09 Å². The topological polar surface area (TPSA) is 129 Å². The number of sulfonamides is 1. The van der Waals surface area contributed by atoms with Gasteiger partial charge in [-0.25, -0.2) is 13.2 Å². The number of hydrogen-bond acceptors (Lipinski definition) is 7. The first-order chi connectivity index (χ1) is 18.7. The molecule has 2 N–H and O–H groups in total. The minimum Gasteiger partial charge on any atom is -0.497 e. The monoisotopic (exact) mass is 573 g/mol. The molecule has 0 saturated heterocycles. The number of rotatable bonds is 14. The van der Waals surface area contributed by atoms with Crippen molar-refractivity contribution in [3.8, 4) is 11.8 Å². The Balaban J connectivity index is 2.41. The van der Waals surface area contributed by atoms with Crippen LogP contribution in [0, 0.1) is 16.7 Å². The van der Waals surface area contributed by atoms with Crippen LogP contribution in [0.5, 0.6) is 5.75 Å². The van der Waals surface area contributed by atoms with Crippen molar-refractivity contribution in [1.29, 1.82) is 5.26 Å². The van der Waals surface area contributed by atoms with Gasteiger partial charge in [-0.2, -0.15) is 9.57 Å². The first kappa shape index (κ1) is 33.1. The van der Waals surface area contributed by atoms with Crippen molar-refractivity contribution < 1.29 is 27.8 Å². The molecule has 1 unspecified atom stereocenters. The number of aliphatic hydroxyl groups excluding tert-OH is 1. The highest BCUT2D eigenvalue weighted by atomic mass is 32.2. The molecule has 2 aromatic carbocycles. The van der Waals surface area contributed by atoms with E-state index in [4.69, 9.17) is 14.7 Å². The zero-order chi connectivity index (χ0) is 30.0. The average molecular weight is 574 g/mol. The van der Waals surface area contributed by atoms with Gasteiger partial charge in [0.1, 0.15) is 11.4 Å². The van der Waals surface area contributed by atoms with E-state index in [1.165, 1.54) is 23.5 Å². The average Bonchev–Trinajstić information content (AvgIpc) is 2.87. The number of nitrogens with one attached hydrogen (secondary N) is 1. The molecule has 0 bridgehead atoms. The van der Waals surface area contributed by atoms with Gasteiger partial charge in [0, 0.05) is 19.5 Å². The summed E-state index contributed by atoms with van der Waals surface area (Å²) < 4.78 is 39.6. The highest BCUT2D eigenvalue weighted by molar-refractivity contribution is 7.89. The second kappa shape index (κ2) is 14.5. The van der Waals surface area contributed by atoms with Crippen LogP contribution in [0.4, 0.5) is 4.79 Å². The summed E-state index contributed by atoms with van der Waals surface area (Å²) in [5.74, 6) is 0.520. The maximum atomic E-state index is 13.9. The van der Waals surface area contributed by atoms with Crippen LogP contribution in [0.25, 0.3) is 0 Å². The minimum absolute atomic E-state index is 0.0630. The lowest BCUT2D eigenvalue weighted by Gasteiger charge is -2.35. The lowest BCUT2D eigenvalue weighted by atomic mass is 9.87. The molecule has 2 rings (SSSR count). The number of unbranched alkanes of at least 4 members (excludes halogenated alkanes) is 1. The first-order valence-electron chi connectivity index (χ1n) is 13.4. The molecule has 10 heteroatoms. The molecule has 0 radical (unpaired) electrons. The summed E-state index contributed by atoms with van der Waals surface area (Å²) in [5, 5.41) is 23.2. The molecule has 220 valence electrons. The van der Waals surface area contributed by atoms with Gasteiger partial charge in [-0.05, 0) is 75.3 Å². The predicted octanol–water partition coefficient (Wildman–Crippen LogP) is 4.90. The van der Waals surface area contributed by atoms with Gasteiger partial charge in [0.15, 0.2) is 0 Å². The lowest BCUT2D eigenvalue weighted by Crippen LogP contribution is -2.52. The lowest BCUT2D eigenvalue weighted by molar-refractivity contribution is 0.0391. The molecule has 0 aliphatic rings. The van der Waals surface area contributed by atoms with Crippen molar-refractivity contribution in [3.05, 3.63) is 60.2 Å². The van der Waals surface area contributed by atoms with E-state index in [2.05, 4.69) is 11.4 Å². The maximum absolute atomic E-state index is 13.9. The van der Waals surface area contributed by atoms with E-state index in [1.54, 1.807) is 32.9 Å². The highest BCUT2D eigenvalue weighted by Crippen LogP contribution is 2.29. The van der Waals surface area contributed by atoms with Crippen molar-refractivity contribution in [3.63, 3.8) is 0 Å². The fourth-order valence-corrected chi connectivity index (χ4v) is 5.94. The Morgan fingerprint density at radius 1 is 1.07 bits per heavy atom. The van der Waals surface area contributed by atoms with E-state index in [1.807, 2.05) is 44.2 Å². The van der Waals surface area contributed by atoms with E-state index < -0.39 is 39.3 Å². The van der Waals surface area contributed by atoms with E-state index in [9.17, 15) is 18.3 Å². The van der Waals surface area contributed by atoms with Crippen LogP contribution in [0.1, 0.15) is 59.4 Å². The van der Waals surface area contributed by atoms with Crippen LogP contribution in [0.3, 0.4) is 0 Å². The Bertz CT molecular complexity index is 1220. The van der Waals surface area contributed by atoms with E-state index >= 15 is 0 Å². The number of benzene rings is 2. The fraction of sp³-hybridized carbons (Fsp3) is 0.533. The normalized spacial score (nSPS) is 13.8. The summed E-state index contributed by atoms with van der Waals surface area (Å²) >= 11 is 0. The molecule has 0 saturated carbocycles. The van der Waals surface area contributed by atoms with Crippen molar-refractivity contribution in [2.45, 2.75) is 82.9 Å². The van der Waals surface area contributed by atoms with Gasteiger partial charge in [-0.15, -0.1) is 0 Å². The second-order valence-electron chi connectivity index (χ2n) is 11.7. The van der Waals surface area contributed by atoms with Crippen LogP contribution in [0.2, 0.25) is 0 Å². The number of methoxy groups -OCH3 is 1. The van der Waals surface area contributed by atoms with E-state index in [0.29, 0.717) is 25.0 Å². The number of nitrogens with zero attached hydrogens (tertiary/aromatic N) is 2. The van der Waals surface area contributed by atoms with E-state index in [0.717, 1.165) is 5.56 Å². The van der Waals surface area contributed by atoms with Gasteiger partial charge in [0.2, 0.25) is 10.0 Å². The van der Waals surface area contributed by atoms with Gasteiger partial charge in [-0.1, -0.05) is 44.2 Å². The summed E-state index contributed by atoms with van der Waals surface area (Å²) in [6, 6.07) is 16.7. The molecule has 40 heavy (non-hydrogen) atoms. The zero-order valence-electron chi connectivity index (χ0n) is 24.4. The van der Waals surface area contributed by atoms with Gasteiger partial charge in [0.05, 0.1) is 30.2 Å². The molecular formula is C30H43N3O6S. The fourth-order valence-electron chi connectivity index (χ4n) is 4.29. The SMILES string of the molecule is COc1ccc(S(=O)(=O)N(CC(O)[C@H](Cc2ccccc2)NC(=O)OC(C)(C)C)CC(C)(C)CCCC#N)cc1. The molecule has 0 heterocycles. The Morgan fingerprint density at radius 2 is 1.70 bits per heavy atom. The van der Waals surface area contributed by atoms with Crippen LogP contribution in [-0.4, -0.2) is 61.9 Å². The zero-order valence-corrected chi connectivity index (χ0v) is 25.2. The van der Waals surface area contributed by atoms with Crippen LogP contribution >= 0.6 is 0 Å². The third-order valence-corrected chi connectivity index (χ3v) is 8.13. The number of hydrogen-bond donors (Lipinski definition) is 2. The Kier molecular flexibility index (Phi) is 12.0. The molecule has 0 aromatic heterocycles. The Labute approximate surface area is 239 Å². The molecule has 0 aliphatic heterocycles. The molecule has 1 amide bonds. The van der Waals surface area contributed by atoms with Crippen molar-refractivity contribution in [1.82, 2.24) is 9.62 Å². The van der Waals surface area contributed by atoms with Crippen LogP contribution in [0.15, 0.2) is 59.5 Å². The number of aliphatic hydroxyl groups is 1. The second-order valence-corrected chi connectivity index (χ2v) is 13.6. The largest absolute Gasteiger partial charge is 0.497 e. The van der Waals surface area contributed by atoms with Crippen LogP contribution < -0.4 is 10.1 Å². The third kappa shape index (κ3) is 10.8. The van der Waals surface area contributed by atoms with Gasteiger partial charge in [0.25, 0.3) is 0 Å². The minimum atomic E-state index is -4.04. The number of carbonyl (C=O) groups excluding carboxylic acids is 1. The molecule has 0 fully saturated rings. The van der Waals surface area contributed by atoms with Crippen molar-refractivity contribution in [2.24, 2.45) is 5.41 Å². The predicted molar refractivity (Wildman–Crippen MR) is 154 cm³/mol. The number of carbonyl (C=O) groups is 1. The Hall–Kier alpha value is -3.13. The molecule has 2 atom stereocenters. The van der Waals surface area contributed by atoms with Crippen LogP contribution in [-0.2, 0) is 21.2 Å². The quantitative estimate of drug-likeness (QED) is 0.308. The number of nitriles is 1. The van der Waals surface area contributed by atoms with Gasteiger partial charge < -0.3 is 19.9 Å². The standard InChI is InChI=1S/C30H43N3O6S/c1-29(2,3)39-28(35)32-26(20-23-12-8-7-9-13-23)27(34)21-33(22-30(4,5)18-10-11-19-31)40(36,37)25-16-14-24(38-6)15-17-25/h7-9,12-17,26-27,34H,10-11,18,20-22H2,1-6H3,(H,32,35)/t26-,27?/m0/s1. The Morgan fingerprint density at radius 3 is 2.25 bits per heavy atom. The number of amides is 1. The van der Waals surface area contributed by atoms with Crippen molar-refractivity contribution in [2.75, 3.05) is 20.2 Å². The summed E-state index contributed by atoms with van der Waals surface area (Å²) in [4.78, 5) is 12.8. The maximum Gasteiger partial charge on any atom is 0.407 e.